The van der Waals surface area contributed by atoms with Gasteiger partial charge in [0.2, 0.25) is 0 Å². The number of ether oxygens (including phenoxy) is 1. The first kappa shape index (κ1) is 32.4. The second-order valence-electron chi connectivity index (χ2n) is 11.2. The van der Waals surface area contributed by atoms with E-state index in [1.54, 1.807) is 30.2 Å². The van der Waals surface area contributed by atoms with Gasteiger partial charge in [-0.15, -0.1) is 11.8 Å². The predicted molar refractivity (Wildman–Crippen MR) is 188 cm³/mol. The van der Waals surface area contributed by atoms with E-state index >= 15 is 0 Å². The van der Waals surface area contributed by atoms with Crippen molar-refractivity contribution in [3.05, 3.63) is 161 Å². The molecule has 6 aromatic rings. The Balaban J connectivity index is 1.13. The zero-order valence-electron chi connectivity index (χ0n) is 26.2. The molecule has 49 heavy (non-hydrogen) atoms. The molecule has 246 valence electrons. The predicted octanol–water partition coefficient (Wildman–Crippen LogP) is 7.15. The summed E-state index contributed by atoms with van der Waals surface area (Å²) in [5.41, 5.74) is 3.06. The molecule has 1 saturated heterocycles. The van der Waals surface area contributed by atoms with Crippen LogP contribution in [0.5, 0.6) is 0 Å². The summed E-state index contributed by atoms with van der Waals surface area (Å²) in [5.74, 6) is 0.635. The molecule has 1 fully saturated rings. The lowest BCUT2D eigenvalue weighted by molar-refractivity contribution is -0.110. The molecule has 4 aromatic carbocycles. The highest BCUT2D eigenvalue weighted by Gasteiger charge is 2.39. The van der Waals surface area contributed by atoms with E-state index in [-0.39, 0.29) is 16.9 Å². The van der Waals surface area contributed by atoms with Crippen molar-refractivity contribution in [2.45, 2.75) is 28.7 Å². The number of oxime groups is 1. The van der Waals surface area contributed by atoms with Gasteiger partial charge in [0.05, 0.1) is 25.2 Å². The summed E-state index contributed by atoms with van der Waals surface area (Å²) in [6.07, 6.45) is 3.29. The largest absolute Gasteiger partial charge is 0.389 e. The van der Waals surface area contributed by atoms with Gasteiger partial charge in [-0.05, 0) is 28.8 Å². The normalized spacial score (nSPS) is 14.9. The Hall–Kier alpha value is -5.17. The second kappa shape index (κ2) is 14.9. The molecule has 9 nitrogen and oxygen atoms in total. The first-order chi connectivity index (χ1) is 24.1. The second-order valence-corrected chi connectivity index (χ2v) is 13.2. The Morgan fingerprint density at radius 3 is 2.12 bits per heavy atom. The summed E-state index contributed by atoms with van der Waals surface area (Å²) >= 11 is 2.31. The lowest BCUT2D eigenvalue weighted by Crippen LogP contribution is -2.38. The number of carbonyl (C=O) groups is 1. The summed E-state index contributed by atoms with van der Waals surface area (Å²) in [6, 6.07) is 38.4. The fourth-order valence-electron chi connectivity index (χ4n) is 5.73. The zero-order chi connectivity index (χ0) is 33.5. The van der Waals surface area contributed by atoms with Gasteiger partial charge in [0.15, 0.2) is 27.9 Å². The van der Waals surface area contributed by atoms with E-state index in [9.17, 15) is 9.18 Å². The molecule has 0 saturated carbocycles. The van der Waals surface area contributed by atoms with E-state index in [2.05, 4.69) is 51.9 Å². The van der Waals surface area contributed by atoms with E-state index in [0.29, 0.717) is 36.8 Å². The zero-order valence-corrected chi connectivity index (χ0v) is 27.8. The van der Waals surface area contributed by atoms with Crippen LogP contribution in [0, 0.1) is 5.13 Å². The molecule has 1 atom stereocenters. The molecule has 12 heteroatoms. The van der Waals surface area contributed by atoms with Crippen molar-refractivity contribution >= 4 is 39.8 Å². The molecule has 1 amide bonds. The number of aromatic nitrogens is 4. The number of halogens is 1. The first-order valence-corrected chi connectivity index (χ1v) is 17.4. The molecule has 1 aliphatic rings. The minimum atomic E-state index is -0.741. The highest BCUT2D eigenvalue weighted by atomic mass is 32.2. The average molecular weight is 691 g/mol. The van der Waals surface area contributed by atoms with Crippen LogP contribution in [-0.4, -0.2) is 50.7 Å². The maximum absolute atomic E-state index is 13.5. The maximum Gasteiger partial charge on any atom is 0.280 e. The molecule has 0 unspecified atom stereocenters. The van der Waals surface area contributed by atoms with E-state index in [1.807, 2.05) is 71.4 Å². The molecule has 0 radical (unpaired) electrons. The molecular weight excluding hydrogens is 660 g/mol. The lowest BCUT2D eigenvalue weighted by Gasteiger charge is -2.35. The molecule has 3 heterocycles. The van der Waals surface area contributed by atoms with E-state index in [0.717, 1.165) is 39.1 Å². The van der Waals surface area contributed by atoms with Crippen LogP contribution in [0.25, 0.3) is 0 Å². The number of nitrogens with zero attached hydrogens (tertiary/aromatic N) is 5. The molecule has 0 bridgehead atoms. The lowest BCUT2D eigenvalue weighted by atomic mass is 9.77. The molecule has 1 aliphatic heterocycles. The van der Waals surface area contributed by atoms with Crippen molar-refractivity contribution < 1.29 is 18.8 Å². The first-order valence-electron chi connectivity index (χ1n) is 15.6. The Morgan fingerprint density at radius 1 is 0.939 bits per heavy atom. The van der Waals surface area contributed by atoms with Gasteiger partial charge in [-0.3, -0.25) is 10.1 Å². The topological polar surface area (TPSA) is 104 Å². The van der Waals surface area contributed by atoms with Gasteiger partial charge in [0.25, 0.3) is 5.91 Å². The van der Waals surface area contributed by atoms with Crippen molar-refractivity contribution in [1.29, 1.82) is 0 Å². The number of anilines is 1. The van der Waals surface area contributed by atoms with Crippen molar-refractivity contribution in [2.24, 2.45) is 5.16 Å². The number of amides is 1. The number of carbonyl (C=O) groups excluding carboxylic acids is 1. The van der Waals surface area contributed by atoms with Gasteiger partial charge in [-0.2, -0.15) is 9.49 Å². The molecule has 2 aromatic heterocycles. The third-order valence-corrected chi connectivity index (χ3v) is 9.76. The Labute approximate surface area is 290 Å². The Kier molecular flexibility index (Phi) is 9.87. The van der Waals surface area contributed by atoms with Gasteiger partial charge in [0.1, 0.15) is 11.9 Å². The van der Waals surface area contributed by atoms with Crippen LogP contribution >= 0.6 is 23.1 Å². The highest BCUT2D eigenvalue weighted by Crippen LogP contribution is 2.40. The van der Waals surface area contributed by atoms with E-state index in [4.69, 9.17) is 19.7 Å². The van der Waals surface area contributed by atoms with Crippen LogP contribution in [-0.2, 0) is 25.7 Å². The van der Waals surface area contributed by atoms with Crippen molar-refractivity contribution in [3.63, 3.8) is 0 Å². The maximum atomic E-state index is 13.5. The third-order valence-electron chi connectivity index (χ3n) is 8.05. The van der Waals surface area contributed by atoms with Crippen LogP contribution in [0.4, 0.5) is 9.52 Å². The smallest absolute Gasteiger partial charge is 0.280 e. The van der Waals surface area contributed by atoms with Crippen LogP contribution in [0.2, 0.25) is 0 Å². The highest BCUT2D eigenvalue weighted by molar-refractivity contribution is 7.98. The van der Waals surface area contributed by atoms with Crippen molar-refractivity contribution in [1.82, 2.24) is 19.7 Å². The minimum absolute atomic E-state index is 0.0542. The quantitative estimate of drug-likeness (QED) is 0.0630. The average Bonchev–Trinajstić information content (AvgIpc) is 3.94. The summed E-state index contributed by atoms with van der Waals surface area (Å²) in [4.78, 5) is 28.4. The number of nitrogens with one attached hydrogen (secondary N) is 1. The van der Waals surface area contributed by atoms with Gasteiger partial charge in [-0.25, -0.2) is 14.6 Å². The molecule has 0 spiro atoms. The summed E-state index contributed by atoms with van der Waals surface area (Å²) in [5, 5.41) is 11.5. The number of benzene rings is 4. The molecule has 1 N–H and O–H groups in total. The SMILES string of the molecule is O=C(Nc1ncc(F)s1)C(=NO[C@@H]1CCOC1)c1ccc(SCc2ncn(C(c3ccccc3)(c3ccccc3)c3ccccc3)n2)cc1. The Bertz CT molecular complexity index is 1920. The third kappa shape index (κ3) is 7.16. The van der Waals surface area contributed by atoms with Crippen molar-refractivity contribution in [3.8, 4) is 0 Å². The molecule has 0 aliphatic carbocycles. The van der Waals surface area contributed by atoms with Crippen LogP contribution in [0.15, 0.2) is 138 Å². The number of thiazole rings is 1. The van der Waals surface area contributed by atoms with Gasteiger partial charge < -0.3 is 9.57 Å². The molecular formula is C37H31FN6O3S2. The summed E-state index contributed by atoms with van der Waals surface area (Å²) < 4.78 is 20.8. The van der Waals surface area contributed by atoms with Crippen LogP contribution < -0.4 is 5.32 Å². The number of hydrogen-bond acceptors (Lipinski definition) is 9. The fourth-order valence-corrected chi connectivity index (χ4v) is 7.03. The van der Waals surface area contributed by atoms with E-state index < -0.39 is 16.6 Å². The van der Waals surface area contributed by atoms with Crippen LogP contribution in [0.3, 0.4) is 0 Å². The monoisotopic (exact) mass is 690 g/mol. The summed E-state index contributed by atoms with van der Waals surface area (Å²) in [7, 11) is 0. The standard InChI is InChI=1S/C37H31FN6O3S2/c38-32-22-39-36(49-32)41-35(45)34(43-47-30-20-21-46-23-30)26-16-18-31(19-17-26)48-24-33-40-25-44(42-33)37(27-10-4-1-5-11-27,28-12-6-2-7-13-28)29-14-8-3-9-15-29/h1-19,22,25,30H,20-21,23-24H2,(H,39,41,45)/t30-/m1/s1. The molecule has 7 rings (SSSR count). The van der Waals surface area contributed by atoms with Crippen LogP contribution in [0.1, 0.15) is 34.5 Å². The van der Waals surface area contributed by atoms with Crippen molar-refractivity contribution in [2.75, 3.05) is 18.5 Å². The van der Waals surface area contributed by atoms with Gasteiger partial charge in [0, 0.05) is 16.9 Å². The number of thioether (sulfide) groups is 1. The van der Waals surface area contributed by atoms with Gasteiger partial charge in [-0.1, -0.05) is 120 Å². The number of hydrogen-bond donors (Lipinski definition) is 1. The number of rotatable bonds is 12. The van der Waals surface area contributed by atoms with Gasteiger partial charge >= 0.3 is 0 Å². The fraction of sp³-hybridized carbons (Fsp3) is 0.162. The summed E-state index contributed by atoms with van der Waals surface area (Å²) in [6.45, 7) is 0.976. The van der Waals surface area contributed by atoms with E-state index in [1.165, 1.54) is 0 Å². The Morgan fingerprint density at radius 2 is 1.57 bits per heavy atom. The minimum Gasteiger partial charge on any atom is -0.389 e.